The second-order valence-electron chi connectivity index (χ2n) is 7.40. The first kappa shape index (κ1) is 19.4. The van der Waals surface area contributed by atoms with E-state index in [0.29, 0.717) is 23.5 Å². The Bertz CT molecular complexity index is 684. The van der Waals surface area contributed by atoms with Crippen molar-refractivity contribution in [2.24, 2.45) is 0 Å². The Morgan fingerprint density at radius 1 is 0.692 bits per heavy atom. The Balaban J connectivity index is 1.71. The molecule has 1 aromatic rings. The average molecular weight is 379 g/mol. The molecular weight excluding hydrogens is 348 g/mol. The van der Waals surface area contributed by atoms with Gasteiger partial charge in [0.05, 0.1) is 4.90 Å². The molecule has 0 aliphatic carbocycles. The van der Waals surface area contributed by atoms with E-state index in [9.17, 15) is 13.2 Å². The first-order valence-corrected chi connectivity index (χ1v) is 11.4. The number of rotatable bonds is 3. The van der Waals surface area contributed by atoms with Crippen molar-refractivity contribution in [1.82, 2.24) is 9.21 Å². The van der Waals surface area contributed by atoms with Crippen molar-refractivity contribution in [3.63, 3.8) is 0 Å². The second kappa shape index (κ2) is 9.00. The molecule has 26 heavy (non-hydrogen) atoms. The van der Waals surface area contributed by atoms with Crippen molar-refractivity contribution >= 4 is 15.9 Å². The Morgan fingerprint density at radius 3 is 1.69 bits per heavy atom. The summed E-state index contributed by atoms with van der Waals surface area (Å²) in [5.74, 6) is 0.0191. The summed E-state index contributed by atoms with van der Waals surface area (Å²) in [7, 11) is -3.45. The lowest BCUT2D eigenvalue weighted by Gasteiger charge is -2.25. The molecule has 1 amide bonds. The number of benzene rings is 1. The molecule has 0 saturated carbocycles. The molecule has 5 nitrogen and oxygen atoms in total. The quantitative estimate of drug-likeness (QED) is 0.806. The monoisotopic (exact) mass is 378 g/mol. The molecule has 6 heteroatoms. The van der Waals surface area contributed by atoms with Crippen LogP contribution in [0.4, 0.5) is 0 Å². The van der Waals surface area contributed by atoms with E-state index in [1.165, 1.54) is 19.3 Å². The predicted octanol–water partition coefficient (Wildman–Crippen LogP) is 3.66. The zero-order valence-corrected chi connectivity index (χ0v) is 16.3. The predicted molar refractivity (Wildman–Crippen MR) is 103 cm³/mol. The fourth-order valence-electron chi connectivity index (χ4n) is 3.83. The molecule has 2 aliphatic heterocycles. The van der Waals surface area contributed by atoms with Crippen LogP contribution in [-0.2, 0) is 10.0 Å². The fraction of sp³-hybridized carbons (Fsp3) is 0.650. The van der Waals surface area contributed by atoms with Crippen LogP contribution in [0.3, 0.4) is 0 Å². The Kier molecular flexibility index (Phi) is 6.70. The van der Waals surface area contributed by atoms with Crippen LogP contribution in [0.5, 0.6) is 0 Å². The van der Waals surface area contributed by atoms with Gasteiger partial charge in [0.15, 0.2) is 0 Å². The zero-order valence-electron chi connectivity index (χ0n) is 15.5. The molecule has 0 aromatic heterocycles. The SMILES string of the molecule is O=C(c1ccc(S(=O)(=O)N2CCCCCC2)cc1)N1CCCCCCC1. The second-order valence-corrected chi connectivity index (χ2v) is 9.34. The lowest BCUT2D eigenvalue weighted by molar-refractivity contribution is 0.0742. The highest BCUT2D eigenvalue weighted by Crippen LogP contribution is 2.21. The van der Waals surface area contributed by atoms with Crippen molar-refractivity contribution in [3.8, 4) is 0 Å². The van der Waals surface area contributed by atoms with Crippen molar-refractivity contribution in [3.05, 3.63) is 29.8 Å². The topological polar surface area (TPSA) is 57.7 Å². The first-order valence-electron chi connectivity index (χ1n) is 9.98. The van der Waals surface area contributed by atoms with E-state index >= 15 is 0 Å². The van der Waals surface area contributed by atoms with Crippen molar-refractivity contribution < 1.29 is 13.2 Å². The lowest BCUT2D eigenvalue weighted by Crippen LogP contribution is -2.34. The summed E-state index contributed by atoms with van der Waals surface area (Å²) in [6.07, 6.45) is 9.74. The molecule has 3 rings (SSSR count). The molecule has 2 aliphatic rings. The van der Waals surface area contributed by atoms with Crippen LogP contribution in [0.25, 0.3) is 0 Å². The highest BCUT2D eigenvalue weighted by molar-refractivity contribution is 7.89. The van der Waals surface area contributed by atoms with Gasteiger partial charge in [0.1, 0.15) is 0 Å². The van der Waals surface area contributed by atoms with E-state index < -0.39 is 10.0 Å². The van der Waals surface area contributed by atoms with Crippen molar-refractivity contribution in [2.75, 3.05) is 26.2 Å². The van der Waals surface area contributed by atoms with E-state index in [1.54, 1.807) is 28.6 Å². The van der Waals surface area contributed by atoms with E-state index in [4.69, 9.17) is 0 Å². The molecule has 0 radical (unpaired) electrons. The minimum absolute atomic E-state index is 0.0191. The van der Waals surface area contributed by atoms with Crippen LogP contribution < -0.4 is 0 Å². The first-order chi connectivity index (χ1) is 12.6. The Hall–Kier alpha value is -1.40. The van der Waals surface area contributed by atoms with Crippen molar-refractivity contribution in [1.29, 1.82) is 0 Å². The van der Waals surface area contributed by atoms with E-state index in [2.05, 4.69) is 0 Å². The van der Waals surface area contributed by atoms with Gasteiger partial charge in [0.25, 0.3) is 5.91 Å². The van der Waals surface area contributed by atoms with Crippen LogP contribution in [0.2, 0.25) is 0 Å². The number of hydrogen-bond donors (Lipinski definition) is 0. The van der Waals surface area contributed by atoms with Gasteiger partial charge in [-0.15, -0.1) is 0 Å². The summed E-state index contributed by atoms with van der Waals surface area (Å²) in [5.41, 5.74) is 0.584. The summed E-state index contributed by atoms with van der Waals surface area (Å²) in [6, 6.07) is 6.53. The molecule has 2 saturated heterocycles. The summed E-state index contributed by atoms with van der Waals surface area (Å²) in [6.45, 7) is 2.78. The fourth-order valence-corrected chi connectivity index (χ4v) is 5.35. The lowest BCUT2D eigenvalue weighted by atomic mass is 10.1. The summed E-state index contributed by atoms with van der Waals surface area (Å²) in [4.78, 5) is 14.9. The normalized spacial score (nSPS) is 20.8. The highest BCUT2D eigenvalue weighted by atomic mass is 32.2. The minimum atomic E-state index is -3.45. The number of sulfonamides is 1. The molecule has 2 heterocycles. The van der Waals surface area contributed by atoms with Gasteiger partial charge in [-0.2, -0.15) is 4.31 Å². The number of hydrogen-bond acceptors (Lipinski definition) is 3. The number of carbonyl (C=O) groups excluding carboxylic acids is 1. The summed E-state index contributed by atoms with van der Waals surface area (Å²) < 4.78 is 27.3. The van der Waals surface area contributed by atoms with Gasteiger partial charge in [0, 0.05) is 31.7 Å². The van der Waals surface area contributed by atoms with Crippen LogP contribution in [0.15, 0.2) is 29.2 Å². The largest absolute Gasteiger partial charge is 0.339 e. The maximum atomic E-state index is 12.8. The van der Waals surface area contributed by atoms with Gasteiger partial charge in [-0.3, -0.25) is 4.79 Å². The van der Waals surface area contributed by atoms with Crippen LogP contribution in [0, 0.1) is 0 Å². The number of amides is 1. The number of nitrogens with zero attached hydrogens (tertiary/aromatic N) is 2. The number of carbonyl (C=O) groups is 1. The Morgan fingerprint density at radius 2 is 1.15 bits per heavy atom. The molecule has 0 N–H and O–H groups in total. The standard InChI is InChI=1S/C20H30N2O3S/c23-20(21-14-6-2-1-3-7-15-21)18-10-12-19(13-11-18)26(24,25)22-16-8-4-5-9-17-22/h10-13H,1-9,14-17H2. The van der Waals surface area contributed by atoms with Gasteiger partial charge in [-0.25, -0.2) is 8.42 Å². The molecule has 0 bridgehead atoms. The minimum Gasteiger partial charge on any atom is -0.339 e. The summed E-state index contributed by atoms with van der Waals surface area (Å²) in [5, 5.41) is 0. The van der Waals surface area contributed by atoms with Gasteiger partial charge >= 0.3 is 0 Å². The smallest absolute Gasteiger partial charge is 0.253 e. The van der Waals surface area contributed by atoms with Gasteiger partial charge in [-0.1, -0.05) is 32.1 Å². The maximum Gasteiger partial charge on any atom is 0.253 e. The molecule has 1 aromatic carbocycles. The van der Waals surface area contributed by atoms with E-state index in [1.807, 2.05) is 4.90 Å². The van der Waals surface area contributed by atoms with Crippen LogP contribution >= 0.6 is 0 Å². The molecular formula is C20H30N2O3S. The van der Waals surface area contributed by atoms with Gasteiger partial charge in [0.2, 0.25) is 10.0 Å². The highest BCUT2D eigenvalue weighted by Gasteiger charge is 2.25. The number of likely N-dealkylation sites (tertiary alicyclic amines) is 1. The average Bonchev–Trinajstić information content (AvgIpc) is 2.91. The van der Waals surface area contributed by atoms with Gasteiger partial charge < -0.3 is 4.90 Å². The Labute approximate surface area is 157 Å². The molecule has 0 spiro atoms. The third kappa shape index (κ3) is 4.65. The van der Waals surface area contributed by atoms with Crippen molar-refractivity contribution in [2.45, 2.75) is 62.7 Å². The maximum absolute atomic E-state index is 12.8. The van der Waals surface area contributed by atoms with Gasteiger partial charge in [-0.05, 0) is 49.9 Å². The third-order valence-corrected chi connectivity index (χ3v) is 7.36. The van der Waals surface area contributed by atoms with Crippen LogP contribution in [0.1, 0.15) is 68.1 Å². The van der Waals surface area contributed by atoms with Crippen LogP contribution in [-0.4, -0.2) is 49.7 Å². The summed E-state index contributed by atoms with van der Waals surface area (Å²) >= 11 is 0. The van der Waals surface area contributed by atoms with E-state index in [0.717, 1.165) is 51.6 Å². The molecule has 0 atom stereocenters. The zero-order chi connectivity index (χ0) is 18.4. The van der Waals surface area contributed by atoms with E-state index in [-0.39, 0.29) is 5.91 Å². The molecule has 144 valence electrons. The molecule has 2 fully saturated rings. The third-order valence-electron chi connectivity index (χ3n) is 5.45. The molecule has 0 unspecified atom stereocenters.